The third-order valence-corrected chi connectivity index (χ3v) is 4.97. The number of rotatable bonds is 7. The Balaban J connectivity index is 0.00000256. The lowest BCUT2D eigenvalue weighted by Gasteiger charge is -2.36. The predicted molar refractivity (Wildman–Crippen MR) is 120 cm³/mol. The van der Waals surface area contributed by atoms with Gasteiger partial charge in [0.2, 0.25) is 0 Å². The first-order valence-electron chi connectivity index (χ1n) is 9.46. The van der Waals surface area contributed by atoms with E-state index in [2.05, 4.69) is 15.0 Å². The van der Waals surface area contributed by atoms with Gasteiger partial charge in [-0.15, -0.1) is 38.0 Å². The summed E-state index contributed by atoms with van der Waals surface area (Å²) in [6.07, 6.45) is -4.73. The Morgan fingerprint density at radius 1 is 0.844 bits per heavy atom. The minimum absolute atomic E-state index is 0. The largest absolute Gasteiger partial charge is 0.573 e. The van der Waals surface area contributed by atoms with Crippen molar-refractivity contribution in [3.05, 3.63) is 47.5 Å². The second-order valence-electron chi connectivity index (χ2n) is 6.75. The van der Waals surface area contributed by atoms with Gasteiger partial charge in [-0.1, -0.05) is 12.1 Å². The van der Waals surface area contributed by atoms with Crippen LogP contribution in [-0.4, -0.2) is 58.8 Å². The highest BCUT2D eigenvalue weighted by molar-refractivity contribution is 5.85. The molecule has 0 bridgehead atoms. The summed E-state index contributed by atoms with van der Waals surface area (Å²) in [6.45, 7) is 3.10. The molecule has 0 aliphatic carbocycles. The van der Waals surface area contributed by atoms with Gasteiger partial charge < -0.3 is 24.3 Å². The number of nitrogens with one attached hydrogen (secondary N) is 1. The highest BCUT2D eigenvalue weighted by Crippen LogP contribution is 2.44. The Morgan fingerprint density at radius 2 is 1.38 bits per heavy atom. The smallest absolute Gasteiger partial charge is 0.496 e. The Labute approximate surface area is 197 Å². The standard InChI is InChI=1S/C21H25F3N2O4.2ClH/c1-27-16-12-17(28-2)19(18(13-16)29-3)20(26-10-8-25-9-11-26)14-4-6-15(7-5-14)30-21(22,23)24;;/h4-7,12-13,20,25H,8-11H2,1-3H3;2*1H/t20-;;/m1../s1. The molecular formula is C21H27Cl2F3N2O4. The lowest BCUT2D eigenvalue weighted by atomic mass is 9.94. The van der Waals surface area contributed by atoms with Gasteiger partial charge in [-0.05, 0) is 17.7 Å². The van der Waals surface area contributed by atoms with Gasteiger partial charge in [0.1, 0.15) is 23.0 Å². The van der Waals surface area contributed by atoms with Gasteiger partial charge in [0.15, 0.2) is 0 Å². The molecule has 0 amide bonds. The summed E-state index contributed by atoms with van der Waals surface area (Å²) < 4.78 is 58.3. The highest BCUT2D eigenvalue weighted by atomic mass is 35.5. The fourth-order valence-electron chi connectivity index (χ4n) is 3.65. The van der Waals surface area contributed by atoms with Crippen LogP contribution < -0.4 is 24.3 Å². The van der Waals surface area contributed by atoms with Gasteiger partial charge in [-0.25, -0.2) is 0 Å². The number of ether oxygens (including phenoxy) is 4. The van der Waals surface area contributed by atoms with E-state index in [1.807, 2.05) is 0 Å². The molecule has 11 heteroatoms. The Bertz CT molecular complexity index is 823. The zero-order valence-corrected chi connectivity index (χ0v) is 19.5. The maximum atomic E-state index is 12.5. The molecule has 32 heavy (non-hydrogen) atoms. The van der Waals surface area contributed by atoms with Crippen LogP contribution in [0, 0.1) is 0 Å². The molecule has 1 fully saturated rings. The fourth-order valence-corrected chi connectivity index (χ4v) is 3.65. The van der Waals surface area contributed by atoms with Crippen LogP contribution in [0.25, 0.3) is 0 Å². The van der Waals surface area contributed by atoms with Crippen LogP contribution in [0.5, 0.6) is 23.0 Å². The number of halogens is 5. The summed E-state index contributed by atoms with van der Waals surface area (Å²) in [6, 6.07) is 9.17. The zero-order valence-electron chi connectivity index (χ0n) is 17.9. The molecule has 1 saturated heterocycles. The zero-order chi connectivity index (χ0) is 21.7. The minimum Gasteiger partial charge on any atom is -0.496 e. The molecule has 2 aromatic rings. The van der Waals surface area contributed by atoms with Crippen molar-refractivity contribution in [2.24, 2.45) is 0 Å². The maximum Gasteiger partial charge on any atom is 0.573 e. The Morgan fingerprint density at radius 3 is 1.81 bits per heavy atom. The van der Waals surface area contributed by atoms with E-state index in [0.717, 1.165) is 37.3 Å². The lowest BCUT2D eigenvalue weighted by molar-refractivity contribution is -0.274. The third-order valence-electron chi connectivity index (χ3n) is 4.97. The van der Waals surface area contributed by atoms with E-state index in [0.29, 0.717) is 17.2 Å². The van der Waals surface area contributed by atoms with E-state index in [-0.39, 0.29) is 36.6 Å². The number of methoxy groups -OCH3 is 3. The molecule has 0 spiro atoms. The van der Waals surface area contributed by atoms with Crippen LogP contribution in [0.2, 0.25) is 0 Å². The van der Waals surface area contributed by atoms with Crippen molar-refractivity contribution in [2.45, 2.75) is 12.4 Å². The normalized spacial score (nSPS) is 15.1. The summed E-state index contributed by atoms with van der Waals surface area (Å²) in [4.78, 5) is 2.24. The molecule has 1 heterocycles. The molecule has 0 unspecified atom stereocenters. The van der Waals surface area contributed by atoms with E-state index >= 15 is 0 Å². The van der Waals surface area contributed by atoms with Crippen molar-refractivity contribution in [1.82, 2.24) is 10.2 Å². The van der Waals surface area contributed by atoms with Crippen molar-refractivity contribution in [1.29, 1.82) is 0 Å². The van der Waals surface area contributed by atoms with Gasteiger partial charge in [0.05, 0.1) is 32.9 Å². The lowest BCUT2D eigenvalue weighted by Crippen LogP contribution is -2.45. The summed E-state index contributed by atoms with van der Waals surface area (Å²) in [7, 11) is 4.68. The number of hydrogen-bond acceptors (Lipinski definition) is 6. The second kappa shape index (κ2) is 12.2. The number of piperazine rings is 1. The third kappa shape index (κ3) is 6.71. The second-order valence-corrected chi connectivity index (χ2v) is 6.75. The number of nitrogens with zero attached hydrogens (tertiary/aromatic N) is 1. The van der Waals surface area contributed by atoms with Crippen LogP contribution >= 0.6 is 24.8 Å². The van der Waals surface area contributed by atoms with E-state index in [4.69, 9.17) is 14.2 Å². The average Bonchev–Trinajstić information content (AvgIpc) is 2.74. The van der Waals surface area contributed by atoms with Crippen molar-refractivity contribution in [3.63, 3.8) is 0 Å². The molecule has 1 aliphatic rings. The van der Waals surface area contributed by atoms with Gasteiger partial charge in [-0.3, -0.25) is 4.90 Å². The molecule has 1 atom stereocenters. The van der Waals surface area contributed by atoms with Crippen molar-refractivity contribution in [3.8, 4) is 23.0 Å². The molecule has 1 N–H and O–H groups in total. The first kappa shape index (κ1) is 28.0. The topological polar surface area (TPSA) is 52.2 Å². The molecule has 6 nitrogen and oxygen atoms in total. The van der Waals surface area contributed by atoms with E-state index < -0.39 is 6.36 Å². The number of alkyl halides is 3. The molecular weight excluding hydrogens is 472 g/mol. The van der Waals surface area contributed by atoms with Crippen LogP contribution in [0.1, 0.15) is 17.2 Å². The molecule has 3 rings (SSSR count). The number of hydrogen-bond donors (Lipinski definition) is 1. The predicted octanol–water partition coefficient (Wildman–Crippen LogP) is 4.45. The summed E-state index contributed by atoms with van der Waals surface area (Å²) in [5.74, 6) is 1.47. The highest BCUT2D eigenvalue weighted by Gasteiger charge is 2.32. The summed E-state index contributed by atoms with van der Waals surface area (Å²) in [5, 5.41) is 3.31. The summed E-state index contributed by atoms with van der Waals surface area (Å²) >= 11 is 0. The van der Waals surface area contributed by atoms with Gasteiger partial charge in [0.25, 0.3) is 0 Å². The molecule has 180 valence electrons. The van der Waals surface area contributed by atoms with Gasteiger partial charge >= 0.3 is 6.36 Å². The molecule has 0 radical (unpaired) electrons. The minimum atomic E-state index is -4.73. The first-order chi connectivity index (χ1) is 14.4. The Hall–Kier alpha value is -2.07. The fraction of sp³-hybridized carbons (Fsp3) is 0.429. The monoisotopic (exact) mass is 498 g/mol. The van der Waals surface area contributed by atoms with E-state index in [1.165, 1.54) is 12.1 Å². The maximum absolute atomic E-state index is 12.5. The quantitative estimate of drug-likeness (QED) is 0.608. The van der Waals surface area contributed by atoms with Crippen LogP contribution in [0.15, 0.2) is 36.4 Å². The van der Waals surface area contributed by atoms with Crippen molar-refractivity contribution >= 4 is 24.8 Å². The van der Waals surface area contributed by atoms with E-state index in [1.54, 1.807) is 45.6 Å². The molecule has 0 aromatic heterocycles. The van der Waals surface area contributed by atoms with Crippen LogP contribution in [0.4, 0.5) is 13.2 Å². The molecule has 0 saturated carbocycles. The van der Waals surface area contributed by atoms with Crippen molar-refractivity contribution in [2.75, 3.05) is 47.5 Å². The number of benzene rings is 2. The van der Waals surface area contributed by atoms with Crippen LogP contribution in [0.3, 0.4) is 0 Å². The molecule has 2 aromatic carbocycles. The molecule has 1 aliphatic heterocycles. The van der Waals surface area contributed by atoms with Gasteiger partial charge in [-0.2, -0.15) is 0 Å². The SMILES string of the molecule is COc1cc(OC)c([C@@H](c2ccc(OC(F)(F)F)cc2)N2CCNCC2)c(OC)c1.Cl.Cl. The Kier molecular flexibility index (Phi) is 10.7. The van der Waals surface area contributed by atoms with Crippen molar-refractivity contribution < 1.29 is 32.1 Å². The van der Waals surface area contributed by atoms with Crippen LogP contribution in [-0.2, 0) is 0 Å². The average molecular weight is 499 g/mol. The van der Waals surface area contributed by atoms with Gasteiger partial charge in [0, 0.05) is 38.3 Å². The summed E-state index contributed by atoms with van der Waals surface area (Å²) in [5.41, 5.74) is 1.58. The van der Waals surface area contributed by atoms with E-state index in [9.17, 15) is 13.2 Å². The first-order valence-corrected chi connectivity index (χ1v) is 9.46.